The summed E-state index contributed by atoms with van der Waals surface area (Å²) in [5.74, 6) is 0.824. The van der Waals surface area contributed by atoms with Crippen LogP contribution in [0.2, 0.25) is 0 Å². The normalized spacial score (nSPS) is 14.0. The van der Waals surface area contributed by atoms with Crippen molar-refractivity contribution < 1.29 is 4.79 Å². The first-order chi connectivity index (χ1) is 16.0. The van der Waals surface area contributed by atoms with Crippen molar-refractivity contribution in [2.75, 3.05) is 31.1 Å². The molecule has 1 amide bonds. The van der Waals surface area contributed by atoms with Crippen molar-refractivity contribution in [3.63, 3.8) is 0 Å². The number of rotatable bonds is 4. The quantitative estimate of drug-likeness (QED) is 0.469. The van der Waals surface area contributed by atoms with Gasteiger partial charge in [-0.15, -0.1) is 0 Å². The number of benzene rings is 2. The molecule has 1 saturated heterocycles. The van der Waals surface area contributed by atoms with Gasteiger partial charge in [-0.05, 0) is 62.2 Å². The Kier molecular flexibility index (Phi) is 5.50. The van der Waals surface area contributed by atoms with E-state index in [2.05, 4.69) is 36.9 Å². The lowest BCUT2D eigenvalue weighted by molar-refractivity contribution is 0.0746. The maximum Gasteiger partial charge on any atom is 0.259 e. The number of hydrogen-bond donors (Lipinski definition) is 0. The third kappa shape index (κ3) is 3.93. The molecule has 1 aliphatic heterocycles. The van der Waals surface area contributed by atoms with Gasteiger partial charge in [0.25, 0.3) is 5.91 Å². The lowest BCUT2D eigenvalue weighted by atomic mass is 10.1. The van der Waals surface area contributed by atoms with Gasteiger partial charge < -0.3 is 14.4 Å². The highest BCUT2D eigenvalue weighted by Crippen LogP contribution is 2.27. The zero-order valence-electron chi connectivity index (χ0n) is 19.4. The van der Waals surface area contributed by atoms with Crippen molar-refractivity contribution in [2.24, 2.45) is 0 Å². The molecular weight excluding hydrogens is 410 g/mol. The fourth-order valence-electron chi connectivity index (χ4n) is 4.60. The summed E-state index contributed by atoms with van der Waals surface area (Å²) >= 11 is 0. The number of aryl methyl sites for hydroxylation is 3. The lowest BCUT2D eigenvalue weighted by Crippen LogP contribution is -2.49. The first-order valence-electron chi connectivity index (χ1n) is 11.4. The van der Waals surface area contributed by atoms with Crippen molar-refractivity contribution >= 4 is 11.6 Å². The summed E-state index contributed by atoms with van der Waals surface area (Å²) < 4.78 is 3.85. The molecule has 1 fully saturated rings. The summed E-state index contributed by atoms with van der Waals surface area (Å²) in [5, 5.41) is 4.77. The number of hydrogen-bond acceptors (Lipinski definition) is 3. The fourth-order valence-corrected chi connectivity index (χ4v) is 4.60. The number of carbonyl (C=O) groups is 1. The van der Waals surface area contributed by atoms with Crippen LogP contribution in [-0.2, 0) is 0 Å². The van der Waals surface area contributed by atoms with Crippen LogP contribution in [0, 0.1) is 20.8 Å². The minimum atomic E-state index is 0.0407. The van der Waals surface area contributed by atoms with E-state index in [1.807, 2.05) is 75.9 Å². The van der Waals surface area contributed by atoms with Gasteiger partial charge >= 0.3 is 0 Å². The van der Waals surface area contributed by atoms with E-state index in [0.717, 1.165) is 30.3 Å². The van der Waals surface area contributed by atoms with Gasteiger partial charge in [0.2, 0.25) is 0 Å². The Morgan fingerprint density at radius 3 is 2.24 bits per heavy atom. The zero-order chi connectivity index (χ0) is 22.9. The molecule has 2 aromatic heterocycles. The van der Waals surface area contributed by atoms with Gasteiger partial charge in [-0.2, -0.15) is 5.10 Å². The Bertz CT molecular complexity index is 1270. The zero-order valence-corrected chi connectivity index (χ0v) is 19.4. The van der Waals surface area contributed by atoms with Crippen LogP contribution in [0.25, 0.3) is 11.5 Å². The lowest BCUT2D eigenvalue weighted by Gasteiger charge is -2.37. The fraction of sp³-hybridized carbons (Fsp3) is 0.259. The number of aromatic nitrogens is 3. The van der Waals surface area contributed by atoms with Crippen molar-refractivity contribution in [3.05, 3.63) is 95.4 Å². The molecule has 0 N–H and O–H groups in total. The number of carbonyl (C=O) groups excluding carboxylic acids is 1. The second kappa shape index (κ2) is 8.62. The van der Waals surface area contributed by atoms with Crippen molar-refractivity contribution in [1.82, 2.24) is 19.2 Å². The minimum Gasteiger partial charge on any atom is -0.368 e. The van der Waals surface area contributed by atoms with E-state index >= 15 is 0 Å². The molecule has 1 aliphatic rings. The van der Waals surface area contributed by atoms with Gasteiger partial charge in [0, 0.05) is 44.3 Å². The molecule has 6 heteroatoms. The van der Waals surface area contributed by atoms with E-state index in [1.54, 1.807) is 0 Å². The van der Waals surface area contributed by atoms with E-state index in [4.69, 9.17) is 5.10 Å². The molecule has 5 rings (SSSR count). The molecule has 33 heavy (non-hydrogen) atoms. The van der Waals surface area contributed by atoms with E-state index in [-0.39, 0.29) is 5.91 Å². The smallest absolute Gasteiger partial charge is 0.259 e. The van der Waals surface area contributed by atoms with E-state index in [9.17, 15) is 4.79 Å². The second-order valence-electron chi connectivity index (χ2n) is 8.69. The Morgan fingerprint density at radius 2 is 1.55 bits per heavy atom. The van der Waals surface area contributed by atoms with Crippen LogP contribution in [0.4, 0.5) is 5.69 Å². The molecule has 3 heterocycles. The van der Waals surface area contributed by atoms with Crippen molar-refractivity contribution in [2.45, 2.75) is 20.8 Å². The van der Waals surface area contributed by atoms with Gasteiger partial charge in [0.05, 0.1) is 11.4 Å². The summed E-state index contributed by atoms with van der Waals surface area (Å²) in [7, 11) is 0. The van der Waals surface area contributed by atoms with Gasteiger partial charge in [0.15, 0.2) is 5.82 Å². The number of para-hydroxylation sites is 1. The summed E-state index contributed by atoms with van der Waals surface area (Å²) in [6, 6.07) is 20.5. The number of piperazine rings is 1. The minimum absolute atomic E-state index is 0.0407. The van der Waals surface area contributed by atoms with Gasteiger partial charge in [0.1, 0.15) is 5.56 Å². The summed E-state index contributed by atoms with van der Waals surface area (Å²) in [6.07, 6.45) is 3.93. The Balaban J connectivity index is 1.45. The van der Waals surface area contributed by atoms with Gasteiger partial charge in [-0.1, -0.05) is 30.3 Å². The highest BCUT2D eigenvalue weighted by atomic mass is 16.2. The predicted molar refractivity (Wildman–Crippen MR) is 132 cm³/mol. The Morgan fingerprint density at radius 1 is 0.848 bits per heavy atom. The maximum absolute atomic E-state index is 13.8. The molecular formula is C27H29N5O. The highest BCUT2D eigenvalue weighted by Gasteiger charge is 2.30. The number of anilines is 1. The molecule has 0 radical (unpaired) electrons. The molecule has 0 saturated carbocycles. The average Bonchev–Trinajstić information content (AvgIpc) is 3.48. The van der Waals surface area contributed by atoms with E-state index in [1.165, 1.54) is 16.8 Å². The molecule has 0 bridgehead atoms. The van der Waals surface area contributed by atoms with Crippen LogP contribution in [0.5, 0.6) is 0 Å². The predicted octanol–water partition coefficient (Wildman–Crippen LogP) is 4.55. The third-order valence-electron chi connectivity index (χ3n) is 6.37. The monoisotopic (exact) mass is 439 g/mol. The van der Waals surface area contributed by atoms with Crippen molar-refractivity contribution in [1.29, 1.82) is 0 Å². The topological polar surface area (TPSA) is 46.3 Å². The van der Waals surface area contributed by atoms with Crippen LogP contribution < -0.4 is 4.90 Å². The summed E-state index contributed by atoms with van der Waals surface area (Å²) in [5.41, 5.74) is 6.13. The average molecular weight is 440 g/mol. The third-order valence-corrected chi connectivity index (χ3v) is 6.37. The van der Waals surface area contributed by atoms with Gasteiger partial charge in [-0.3, -0.25) is 4.79 Å². The first kappa shape index (κ1) is 21.1. The van der Waals surface area contributed by atoms with Crippen LogP contribution in [0.1, 0.15) is 27.2 Å². The Hall–Kier alpha value is -3.80. The van der Waals surface area contributed by atoms with Crippen LogP contribution in [0.15, 0.2) is 73.1 Å². The number of nitrogens with zero attached hydrogens (tertiary/aromatic N) is 5. The molecule has 0 atom stereocenters. The van der Waals surface area contributed by atoms with Crippen molar-refractivity contribution in [3.8, 4) is 11.5 Å². The standard InChI is InChI=1S/C27H29N5O/c1-20-11-12-21(2)24(19-20)29-15-17-31(18-16-29)27(33)25-22(3)28-32(23-9-5-4-6-10-23)26(25)30-13-7-8-14-30/h4-14,19H,15-18H2,1-3H3. The maximum atomic E-state index is 13.8. The SMILES string of the molecule is Cc1ccc(C)c(N2CCN(C(=O)c3c(C)nn(-c4ccccc4)c3-n3cccc3)CC2)c1. The molecule has 6 nitrogen and oxygen atoms in total. The summed E-state index contributed by atoms with van der Waals surface area (Å²) in [6.45, 7) is 9.21. The molecule has 2 aromatic carbocycles. The highest BCUT2D eigenvalue weighted by molar-refractivity contribution is 5.99. The summed E-state index contributed by atoms with van der Waals surface area (Å²) in [4.78, 5) is 18.1. The first-order valence-corrected chi connectivity index (χ1v) is 11.4. The molecule has 4 aromatic rings. The van der Waals surface area contributed by atoms with Crippen LogP contribution >= 0.6 is 0 Å². The largest absolute Gasteiger partial charge is 0.368 e. The molecule has 168 valence electrons. The van der Waals surface area contributed by atoms with Gasteiger partial charge in [-0.25, -0.2) is 4.68 Å². The second-order valence-corrected chi connectivity index (χ2v) is 8.69. The van der Waals surface area contributed by atoms with E-state index in [0.29, 0.717) is 18.7 Å². The molecule has 0 spiro atoms. The molecule has 0 unspecified atom stereocenters. The molecule has 0 aliphatic carbocycles. The van der Waals surface area contributed by atoms with E-state index < -0.39 is 0 Å². The Labute approximate surface area is 194 Å². The van der Waals surface area contributed by atoms with Crippen LogP contribution in [0.3, 0.4) is 0 Å². The van der Waals surface area contributed by atoms with Crippen LogP contribution in [-0.4, -0.2) is 51.3 Å². The number of amides is 1.